The van der Waals surface area contributed by atoms with Gasteiger partial charge >= 0.3 is 0 Å². The predicted molar refractivity (Wildman–Crippen MR) is 67.4 cm³/mol. The zero-order chi connectivity index (χ0) is 11.8. The molecule has 1 aliphatic heterocycles. The molecular weight excluding hydrogens is 200 g/mol. The van der Waals surface area contributed by atoms with E-state index in [2.05, 4.69) is 20.8 Å². The second-order valence-corrected chi connectivity index (χ2v) is 5.53. The average Bonchev–Trinajstić information content (AvgIpc) is 2.70. The van der Waals surface area contributed by atoms with Crippen LogP contribution in [0.4, 0.5) is 0 Å². The molecule has 0 aliphatic carbocycles. The molecule has 1 aliphatic rings. The lowest BCUT2D eigenvalue weighted by Gasteiger charge is -2.13. The Labute approximate surface area is 101 Å². The van der Waals surface area contributed by atoms with Crippen LogP contribution in [0.1, 0.15) is 59.3 Å². The van der Waals surface area contributed by atoms with E-state index in [9.17, 15) is 0 Å². The van der Waals surface area contributed by atoms with Crippen LogP contribution in [0.25, 0.3) is 0 Å². The Balaban J connectivity index is 1.91. The van der Waals surface area contributed by atoms with Gasteiger partial charge < -0.3 is 9.47 Å². The van der Waals surface area contributed by atoms with Crippen LogP contribution in [0.2, 0.25) is 0 Å². The van der Waals surface area contributed by atoms with Crippen LogP contribution in [0.15, 0.2) is 0 Å². The van der Waals surface area contributed by atoms with Gasteiger partial charge in [-0.05, 0) is 24.7 Å². The summed E-state index contributed by atoms with van der Waals surface area (Å²) < 4.78 is 10.9. The average molecular weight is 228 g/mol. The van der Waals surface area contributed by atoms with Gasteiger partial charge in [-0.1, -0.05) is 46.5 Å². The molecule has 0 bridgehead atoms. The van der Waals surface area contributed by atoms with Crippen molar-refractivity contribution in [3.8, 4) is 0 Å². The molecular formula is C14H28O2. The second kappa shape index (κ2) is 8.08. The van der Waals surface area contributed by atoms with Gasteiger partial charge in [-0.15, -0.1) is 0 Å². The van der Waals surface area contributed by atoms with Crippen LogP contribution in [-0.2, 0) is 9.47 Å². The van der Waals surface area contributed by atoms with Crippen molar-refractivity contribution in [1.29, 1.82) is 0 Å². The zero-order valence-electron chi connectivity index (χ0n) is 11.2. The highest BCUT2D eigenvalue weighted by Gasteiger charge is 2.15. The molecule has 0 amide bonds. The molecule has 0 aromatic heterocycles. The highest BCUT2D eigenvalue weighted by atomic mass is 16.7. The van der Waals surface area contributed by atoms with E-state index in [-0.39, 0.29) is 6.29 Å². The lowest BCUT2D eigenvalue weighted by Crippen LogP contribution is -2.08. The van der Waals surface area contributed by atoms with Gasteiger partial charge in [0, 0.05) is 0 Å². The van der Waals surface area contributed by atoms with Gasteiger partial charge in [0.25, 0.3) is 0 Å². The molecule has 96 valence electrons. The summed E-state index contributed by atoms with van der Waals surface area (Å²) in [6, 6.07) is 0. The fourth-order valence-corrected chi connectivity index (χ4v) is 2.23. The van der Waals surface area contributed by atoms with Crippen LogP contribution < -0.4 is 0 Å². The Kier molecular flexibility index (Phi) is 7.06. The molecule has 0 unspecified atom stereocenters. The minimum atomic E-state index is 0.0999. The fourth-order valence-electron chi connectivity index (χ4n) is 2.23. The van der Waals surface area contributed by atoms with E-state index in [0.29, 0.717) is 0 Å². The van der Waals surface area contributed by atoms with E-state index >= 15 is 0 Å². The summed E-state index contributed by atoms with van der Waals surface area (Å²) in [7, 11) is 0. The first-order chi connectivity index (χ1) is 7.68. The summed E-state index contributed by atoms with van der Waals surface area (Å²) in [5, 5.41) is 0. The van der Waals surface area contributed by atoms with E-state index in [1.54, 1.807) is 0 Å². The first kappa shape index (κ1) is 14.0. The molecule has 2 heteroatoms. The maximum atomic E-state index is 5.43. The van der Waals surface area contributed by atoms with Crippen LogP contribution >= 0.6 is 0 Å². The molecule has 1 saturated heterocycles. The molecule has 0 N–H and O–H groups in total. The van der Waals surface area contributed by atoms with Gasteiger partial charge in [-0.2, -0.15) is 0 Å². The minimum absolute atomic E-state index is 0.0999. The van der Waals surface area contributed by atoms with Gasteiger partial charge in [0.2, 0.25) is 0 Å². The molecule has 2 nitrogen and oxygen atoms in total. The first-order valence-electron chi connectivity index (χ1n) is 6.91. The molecule has 1 heterocycles. The summed E-state index contributed by atoms with van der Waals surface area (Å²) in [5.41, 5.74) is 0. The van der Waals surface area contributed by atoms with Gasteiger partial charge in [0.15, 0.2) is 6.29 Å². The first-order valence-corrected chi connectivity index (χ1v) is 6.91. The lowest BCUT2D eigenvalue weighted by atomic mass is 9.95. The standard InChI is InChI=1S/C14H28O2/c1-12(2)6-4-7-13(3)8-5-9-14-15-10-11-16-14/h12-14H,4-11H2,1-3H3/t13-/m1/s1. The van der Waals surface area contributed by atoms with Crippen molar-refractivity contribution in [2.24, 2.45) is 11.8 Å². The Morgan fingerprint density at radius 3 is 2.19 bits per heavy atom. The van der Waals surface area contributed by atoms with E-state index < -0.39 is 0 Å². The Hall–Kier alpha value is -0.0800. The van der Waals surface area contributed by atoms with Gasteiger partial charge in [0.05, 0.1) is 13.2 Å². The zero-order valence-corrected chi connectivity index (χ0v) is 11.2. The van der Waals surface area contributed by atoms with Crippen LogP contribution in [0, 0.1) is 11.8 Å². The van der Waals surface area contributed by atoms with Crippen LogP contribution in [-0.4, -0.2) is 19.5 Å². The number of rotatable bonds is 8. The largest absolute Gasteiger partial charge is 0.350 e. The summed E-state index contributed by atoms with van der Waals surface area (Å²) in [4.78, 5) is 0. The fraction of sp³-hybridized carbons (Fsp3) is 1.00. The van der Waals surface area contributed by atoms with Crippen molar-refractivity contribution in [2.75, 3.05) is 13.2 Å². The monoisotopic (exact) mass is 228 g/mol. The summed E-state index contributed by atoms with van der Waals surface area (Å²) in [5.74, 6) is 1.72. The van der Waals surface area contributed by atoms with Gasteiger partial charge in [-0.25, -0.2) is 0 Å². The summed E-state index contributed by atoms with van der Waals surface area (Å²) >= 11 is 0. The topological polar surface area (TPSA) is 18.5 Å². The SMILES string of the molecule is CC(C)CCC[C@@H](C)CCCC1OCCO1. The van der Waals surface area contributed by atoms with E-state index in [4.69, 9.17) is 9.47 Å². The third-order valence-corrected chi connectivity index (χ3v) is 3.31. The maximum Gasteiger partial charge on any atom is 0.157 e. The highest BCUT2D eigenvalue weighted by molar-refractivity contribution is 4.58. The third-order valence-electron chi connectivity index (χ3n) is 3.31. The van der Waals surface area contributed by atoms with Gasteiger partial charge in [-0.3, -0.25) is 0 Å². The molecule has 1 fully saturated rings. The van der Waals surface area contributed by atoms with E-state index in [0.717, 1.165) is 31.5 Å². The maximum absolute atomic E-state index is 5.43. The van der Waals surface area contributed by atoms with Crippen molar-refractivity contribution in [3.05, 3.63) is 0 Å². The molecule has 1 rings (SSSR count). The predicted octanol–water partition coefficient (Wildman–Crippen LogP) is 3.99. The normalized spacial score (nSPS) is 19.5. The van der Waals surface area contributed by atoms with Crippen LogP contribution in [0.5, 0.6) is 0 Å². The van der Waals surface area contributed by atoms with Gasteiger partial charge in [0.1, 0.15) is 0 Å². The molecule has 0 spiro atoms. The quantitative estimate of drug-likeness (QED) is 0.625. The van der Waals surface area contributed by atoms with Crippen molar-refractivity contribution < 1.29 is 9.47 Å². The number of hydrogen-bond donors (Lipinski definition) is 0. The van der Waals surface area contributed by atoms with E-state index in [1.165, 1.54) is 32.1 Å². The summed E-state index contributed by atoms with van der Waals surface area (Å²) in [6.45, 7) is 8.55. The smallest absolute Gasteiger partial charge is 0.157 e. The molecule has 0 aromatic rings. The molecule has 0 radical (unpaired) electrons. The minimum Gasteiger partial charge on any atom is -0.350 e. The number of ether oxygens (including phenoxy) is 2. The van der Waals surface area contributed by atoms with Crippen LogP contribution in [0.3, 0.4) is 0 Å². The highest BCUT2D eigenvalue weighted by Crippen LogP contribution is 2.19. The third kappa shape index (κ3) is 6.49. The summed E-state index contributed by atoms with van der Waals surface area (Å²) in [6.07, 6.45) is 7.88. The Morgan fingerprint density at radius 2 is 1.56 bits per heavy atom. The Bertz CT molecular complexity index is 162. The Morgan fingerprint density at radius 1 is 0.938 bits per heavy atom. The molecule has 0 aromatic carbocycles. The van der Waals surface area contributed by atoms with Crippen molar-refractivity contribution in [1.82, 2.24) is 0 Å². The number of hydrogen-bond acceptors (Lipinski definition) is 2. The van der Waals surface area contributed by atoms with Crippen molar-refractivity contribution in [2.45, 2.75) is 65.6 Å². The second-order valence-electron chi connectivity index (χ2n) is 5.53. The van der Waals surface area contributed by atoms with E-state index in [1.807, 2.05) is 0 Å². The lowest BCUT2D eigenvalue weighted by molar-refractivity contribution is -0.0484. The van der Waals surface area contributed by atoms with Crippen molar-refractivity contribution >= 4 is 0 Å². The molecule has 0 saturated carbocycles. The molecule has 1 atom stereocenters. The van der Waals surface area contributed by atoms with Crippen molar-refractivity contribution in [3.63, 3.8) is 0 Å². The molecule has 16 heavy (non-hydrogen) atoms.